The number of halogens is 2. The first kappa shape index (κ1) is 10.7. The molecule has 0 saturated carbocycles. The SMILES string of the molecule is C=C(Cc1cc(Cl)ccc1F)C(=O)O. The molecule has 1 rings (SSSR count). The zero-order chi connectivity index (χ0) is 10.7. The maximum atomic E-state index is 13.1. The van der Waals surface area contributed by atoms with E-state index in [0.717, 1.165) is 0 Å². The molecule has 0 spiro atoms. The molecule has 14 heavy (non-hydrogen) atoms. The zero-order valence-electron chi connectivity index (χ0n) is 7.26. The Hall–Kier alpha value is -1.35. The molecule has 2 nitrogen and oxygen atoms in total. The first-order valence-corrected chi connectivity index (χ1v) is 4.23. The third-order valence-corrected chi connectivity index (χ3v) is 1.95. The molecular formula is C10H8ClFO2. The van der Waals surface area contributed by atoms with E-state index in [2.05, 4.69) is 6.58 Å². The molecule has 0 aliphatic rings. The summed E-state index contributed by atoms with van der Waals surface area (Å²) < 4.78 is 13.1. The molecule has 0 atom stereocenters. The first-order chi connectivity index (χ1) is 6.50. The van der Waals surface area contributed by atoms with Crippen LogP contribution in [0.2, 0.25) is 5.02 Å². The lowest BCUT2D eigenvalue weighted by atomic mass is 10.1. The summed E-state index contributed by atoms with van der Waals surface area (Å²) in [5.41, 5.74) is 0.177. The van der Waals surface area contributed by atoms with E-state index in [1.807, 2.05) is 0 Å². The lowest BCUT2D eigenvalue weighted by Crippen LogP contribution is -2.03. The van der Waals surface area contributed by atoms with Gasteiger partial charge in [-0.2, -0.15) is 0 Å². The number of rotatable bonds is 3. The third kappa shape index (κ3) is 2.57. The van der Waals surface area contributed by atoms with Crippen molar-refractivity contribution in [3.63, 3.8) is 0 Å². The second-order valence-corrected chi connectivity index (χ2v) is 3.26. The molecular weight excluding hydrogens is 207 g/mol. The average molecular weight is 215 g/mol. The molecule has 0 aliphatic carbocycles. The molecule has 74 valence electrons. The van der Waals surface area contributed by atoms with Crippen molar-refractivity contribution in [1.29, 1.82) is 0 Å². The number of hydrogen-bond acceptors (Lipinski definition) is 1. The van der Waals surface area contributed by atoms with E-state index in [1.165, 1.54) is 18.2 Å². The molecule has 0 radical (unpaired) electrons. The van der Waals surface area contributed by atoms with Crippen LogP contribution in [0.15, 0.2) is 30.4 Å². The fourth-order valence-electron chi connectivity index (χ4n) is 0.984. The molecule has 0 aromatic heterocycles. The summed E-state index contributed by atoms with van der Waals surface area (Å²) in [5, 5.41) is 8.92. The van der Waals surface area contributed by atoms with Gasteiger partial charge >= 0.3 is 5.97 Å². The molecule has 0 saturated heterocycles. The highest BCUT2D eigenvalue weighted by molar-refractivity contribution is 6.30. The van der Waals surface area contributed by atoms with Gasteiger partial charge in [-0.15, -0.1) is 0 Å². The smallest absolute Gasteiger partial charge is 0.331 e. The first-order valence-electron chi connectivity index (χ1n) is 3.85. The van der Waals surface area contributed by atoms with Crippen molar-refractivity contribution < 1.29 is 14.3 Å². The van der Waals surface area contributed by atoms with Gasteiger partial charge in [0.2, 0.25) is 0 Å². The van der Waals surface area contributed by atoms with Crippen LogP contribution in [0.4, 0.5) is 4.39 Å². The van der Waals surface area contributed by atoms with Gasteiger partial charge in [0.05, 0.1) is 0 Å². The summed E-state index contributed by atoms with van der Waals surface area (Å²) in [6.45, 7) is 3.31. The molecule has 1 N–H and O–H groups in total. The molecule has 0 fully saturated rings. The molecule has 1 aromatic carbocycles. The second kappa shape index (κ2) is 4.24. The minimum atomic E-state index is -1.13. The van der Waals surface area contributed by atoms with Crippen LogP contribution in [0.25, 0.3) is 0 Å². The van der Waals surface area contributed by atoms with Gasteiger partial charge in [-0.1, -0.05) is 18.2 Å². The fraction of sp³-hybridized carbons (Fsp3) is 0.100. The maximum Gasteiger partial charge on any atom is 0.331 e. The summed E-state index contributed by atoms with van der Waals surface area (Å²) in [5.74, 6) is -1.61. The average Bonchev–Trinajstić information content (AvgIpc) is 2.11. The Bertz CT molecular complexity index is 388. The van der Waals surface area contributed by atoms with E-state index in [1.54, 1.807) is 0 Å². The molecule has 0 bridgehead atoms. The van der Waals surface area contributed by atoms with Crippen molar-refractivity contribution in [2.75, 3.05) is 0 Å². The van der Waals surface area contributed by atoms with Crippen molar-refractivity contribution in [1.82, 2.24) is 0 Å². The minimum Gasteiger partial charge on any atom is -0.478 e. The van der Waals surface area contributed by atoms with E-state index in [9.17, 15) is 9.18 Å². The molecule has 4 heteroatoms. The lowest BCUT2D eigenvalue weighted by molar-refractivity contribution is -0.132. The highest BCUT2D eigenvalue weighted by atomic mass is 35.5. The quantitative estimate of drug-likeness (QED) is 0.786. The predicted molar refractivity (Wildman–Crippen MR) is 51.9 cm³/mol. The van der Waals surface area contributed by atoms with Gasteiger partial charge in [0.25, 0.3) is 0 Å². The maximum absolute atomic E-state index is 13.1. The summed E-state index contributed by atoms with van der Waals surface area (Å²) in [7, 11) is 0. The van der Waals surface area contributed by atoms with Gasteiger partial charge in [0, 0.05) is 17.0 Å². The van der Waals surface area contributed by atoms with Crippen molar-refractivity contribution in [2.24, 2.45) is 0 Å². The van der Waals surface area contributed by atoms with E-state index >= 15 is 0 Å². The van der Waals surface area contributed by atoms with Gasteiger partial charge < -0.3 is 5.11 Å². The highest BCUT2D eigenvalue weighted by Gasteiger charge is 2.09. The molecule has 0 unspecified atom stereocenters. The Morgan fingerprint density at radius 1 is 1.57 bits per heavy atom. The number of aliphatic carboxylic acids is 1. The normalized spacial score (nSPS) is 9.86. The zero-order valence-corrected chi connectivity index (χ0v) is 8.01. The number of benzene rings is 1. The number of carboxylic acid groups (broad SMARTS) is 1. The van der Waals surface area contributed by atoms with Crippen LogP contribution >= 0.6 is 11.6 Å². The third-order valence-electron chi connectivity index (χ3n) is 1.71. The summed E-state index contributed by atoms with van der Waals surface area (Å²) >= 11 is 5.64. The number of carboxylic acids is 1. The van der Waals surface area contributed by atoms with Crippen LogP contribution < -0.4 is 0 Å². The Labute approximate surface area is 85.6 Å². The highest BCUT2D eigenvalue weighted by Crippen LogP contribution is 2.17. The van der Waals surface area contributed by atoms with E-state index < -0.39 is 11.8 Å². The monoisotopic (exact) mass is 214 g/mol. The van der Waals surface area contributed by atoms with Crippen LogP contribution in [-0.2, 0) is 11.2 Å². The van der Waals surface area contributed by atoms with Gasteiger partial charge in [0.1, 0.15) is 5.82 Å². The Morgan fingerprint density at radius 2 is 2.21 bits per heavy atom. The van der Waals surface area contributed by atoms with Crippen LogP contribution in [0, 0.1) is 5.82 Å². The largest absolute Gasteiger partial charge is 0.478 e. The van der Waals surface area contributed by atoms with E-state index in [-0.39, 0.29) is 17.6 Å². The minimum absolute atomic E-state index is 0.0400. The van der Waals surface area contributed by atoms with Crippen molar-refractivity contribution in [3.8, 4) is 0 Å². The van der Waals surface area contributed by atoms with Crippen molar-refractivity contribution in [3.05, 3.63) is 46.8 Å². The molecule has 0 heterocycles. The van der Waals surface area contributed by atoms with Crippen LogP contribution in [0.3, 0.4) is 0 Å². The summed E-state index contributed by atoms with van der Waals surface area (Å²) in [6.07, 6.45) is -0.0400. The van der Waals surface area contributed by atoms with Crippen LogP contribution in [0.1, 0.15) is 5.56 Å². The second-order valence-electron chi connectivity index (χ2n) is 2.82. The lowest BCUT2D eigenvalue weighted by Gasteiger charge is -2.03. The van der Waals surface area contributed by atoms with Gasteiger partial charge in [-0.05, 0) is 23.8 Å². The van der Waals surface area contributed by atoms with Crippen LogP contribution in [0.5, 0.6) is 0 Å². The van der Waals surface area contributed by atoms with Crippen molar-refractivity contribution in [2.45, 2.75) is 6.42 Å². The Kier molecular flexibility index (Phi) is 3.25. The summed E-state index contributed by atoms with van der Waals surface area (Å²) in [4.78, 5) is 10.4. The molecule has 0 amide bonds. The Morgan fingerprint density at radius 3 is 2.79 bits per heavy atom. The standard InChI is InChI=1S/C10H8ClFO2/c1-6(10(13)14)4-7-5-8(11)2-3-9(7)12/h2-3,5H,1,4H2,(H,13,14). The molecule has 0 aliphatic heterocycles. The molecule has 1 aromatic rings. The van der Waals surface area contributed by atoms with Crippen molar-refractivity contribution >= 4 is 17.6 Å². The number of hydrogen-bond donors (Lipinski definition) is 1. The number of carbonyl (C=O) groups is 1. The van der Waals surface area contributed by atoms with Gasteiger partial charge in [0.15, 0.2) is 0 Å². The predicted octanol–water partition coefficient (Wildman–Crippen LogP) is 2.66. The van der Waals surface area contributed by atoms with Crippen LogP contribution in [-0.4, -0.2) is 11.1 Å². The van der Waals surface area contributed by atoms with Gasteiger partial charge in [-0.25, -0.2) is 9.18 Å². The fourth-order valence-corrected chi connectivity index (χ4v) is 1.18. The van der Waals surface area contributed by atoms with E-state index in [4.69, 9.17) is 16.7 Å². The van der Waals surface area contributed by atoms with Gasteiger partial charge in [-0.3, -0.25) is 0 Å². The summed E-state index contributed by atoms with van der Waals surface area (Å²) in [6, 6.07) is 4.00. The Balaban J connectivity index is 2.91. The van der Waals surface area contributed by atoms with E-state index in [0.29, 0.717) is 5.02 Å². The topological polar surface area (TPSA) is 37.3 Å².